The number of ketones is 1. The molecule has 0 N–H and O–H groups in total. The van der Waals surface area contributed by atoms with Crippen LogP contribution in [0.4, 0.5) is 0 Å². The van der Waals surface area contributed by atoms with Crippen LogP contribution in [0.5, 0.6) is 0 Å². The molecule has 5 heteroatoms. The SMILES string of the molecule is CCn1c(C(=O)/C=C/N(C)C)nc2cc(Cl)ccc21. The van der Waals surface area contributed by atoms with Gasteiger partial charge in [-0.25, -0.2) is 4.98 Å². The molecular weight excluding hydrogens is 262 g/mol. The zero-order valence-corrected chi connectivity index (χ0v) is 12.0. The first-order valence-corrected chi connectivity index (χ1v) is 6.45. The number of carbonyl (C=O) groups excluding carboxylic acids is 1. The smallest absolute Gasteiger partial charge is 0.222 e. The maximum atomic E-state index is 12.2. The molecule has 0 saturated heterocycles. The Morgan fingerprint density at radius 3 is 2.84 bits per heavy atom. The summed E-state index contributed by atoms with van der Waals surface area (Å²) in [5.41, 5.74) is 1.67. The van der Waals surface area contributed by atoms with Crippen LogP contribution >= 0.6 is 11.6 Å². The Morgan fingerprint density at radius 2 is 2.21 bits per heavy atom. The average Bonchev–Trinajstić information content (AvgIpc) is 2.73. The Hall–Kier alpha value is -1.81. The molecule has 1 aromatic carbocycles. The lowest BCUT2D eigenvalue weighted by atomic mass is 10.3. The van der Waals surface area contributed by atoms with E-state index in [9.17, 15) is 4.79 Å². The van der Waals surface area contributed by atoms with Crippen molar-refractivity contribution in [2.24, 2.45) is 0 Å². The van der Waals surface area contributed by atoms with E-state index in [0.717, 1.165) is 11.0 Å². The largest absolute Gasteiger partial charge is 0.383 e. The summed E-state index contributed by atoms with van der Waals surface area (Å²) in [5.74, 6) is 0.334. The van der Waals surface area contributed by atoms with Gasteiger partial charge in [0, 0.05) is 37.9 Å². The standard InChI is InChI=1S/C14H16ClN3O/c1-4-18-12-6-5-10(15)9-11(12)16-14(18)13(19)7-8-17(2)3/h5-9H,4H2,1-3H3/b8-7+. The third kappa shape index (κ3) is 2.79. The van der Waals surface area contributed by atoms with Crippen molar-refractivity contribution in [3.8, 4) is 0 Å². The Balaban J connectivity index is 2.51. The summed E-state index contributed by atoms with van der Waals surface area (Å²) in [4.78, 5) is 18.3. The molecule has 19 heavy (non-hydrogen) atoms. The first kappa shape index (κ1) is 13.6. The van der Waals surface area contributed by atoms with E-state index in [-0.39, 0.29) is 5.78 Å². The summed E-state index contributed by atoms with van der Waals surface area (Å²) < 4.78 is 1.90. The second kappa shape index (κ2) is 5.45. The van der Waals surface area contributed by atoms with Crippen LogP contribution in [-0.2, 0) is 6.54 Å². The second-order valence-corrected chi connectivity index (χ2v) is 4.89. The highest BCUT2D eigenvalue weighted by Crippen LogP contribution is 2.21. The van der Waals surface area contributed by atoms with Crippen LogP contribution in [0, 0.1) is 0 Å². The summed E-state index contributed by atoms with van der Waals surface area (Å²) in [5, 5.41) is 0.621. The maximum absolute atomic E-state index is 12.2. The second-order valence-electron chi connectivity index (χ2n) is 4.46. The van der Waals surface area contributed by atoms with Gasteiger partial charge in [-0.15, -0.1) is 0 Å². The van der Waals surface area contributed by atoms with Crippen LogP contribution in [-0.4, -0.2) is 34.3 Å². The Labute approximate surface area is 117 Å². The summed E-state index contributed by atoms with van der Waals surface area (Å²) in [6.07, 6.45) is 3.24. The van der Waals surface area contributed by atoms with Crippen LogP contribution in [0.1, 0.15) is 17.5 Å². The number of hydrogen-bond donors (Lipinski definition) is 0. The number of allylic oxidation sites excluding steroid dienone is 1. The van der Waals surface area contributed by atoms with Gasteiger partial charge in [-0.1, -0.05) is 11.6 Å². The van der Waals surface area contributed by atoms with Crippen molar-refractivity contribution in [3.63, 3.8) is 0 Å². The highest BCUT2D eigenvalue weighted by Gasteiger charge is 2.14. The number of nitrogens with zero attached hydrogens (tertiary/aromatic N) is 3. The van der Waals surface area contributed by atoms with Crippen LogP contribution < -0.4 is 0 Å². The number of hydrogen-bond acceptors (Lipinski definition) is 3. The quantitative estimate of drug-likeness (QED) is 0.637. The molecule has 0 aliphatic heterocycles. The summed E-state index contributed by atoms with van der Waals surface area (Å²) in [7, 11) is 3.73. The summed E-state index contributed by atoms with van der Waals surface area (Å²) in [6, 6.07) is 5.47. The highest BCUT2D eigenvalue weighted by molar-refractivity contribution is 6.31. The Morgan fingerprint density at radius 1 is 1.47 bits per heavy atom. The van der Waals surface area contributed by atoms with Gasteiger partial charge >= 0.3 is 0 Å². The molecule has 1 heterocycles. The number of imidazole rings is 1. The monoisotopic (exact) mass is 277 g/mol. The molecule has 0 aliphatic carbocycles. The van der Waals surface area contributed by atoms with Gasteiger partial charge in [-0.05, 0) is 25.1 Å². The molecule has 4 nitrogen and oxygen atoms in total. The Kier molecular flexibility index (Phi) is 3.90. The van der Waals surface area contributed by atoms with Crippen molar-refractivity contribution in [3.05, 3.63) is 41.3 Å². The molecule has 0 bridgehead atoms. The van der Waals surface area contributed by atoms with Crippen molar-refractivity contribution < 1.29 is 4.79 Å². The normalized spacial score (nSPS) is 11.4. The van der Waals surface area contributed by atoms with E-state index in [1.807, 2.05) is 42.6 Å². The number of halogens is 1. The molecule has 0 amide bonds. The number of aryl methyl sites for hydroxylation is 1. The van der Waals surface area contributed by atoms with Crippen LogP contribution in [0.2, 0.25) is 5.02 Å². The number of carbonyl (C=O) groups is 1. The van der Waals surface area contributed by atoms with E-state index in [2.05, 4.69) is 4.98 Å². The van der Waals surface area contributed by atoms with Crippen molar-refractivity contribution in [2.75, 3.05) is 14.1 Å². The molecule has 0 radical (unpaired) electrons. The van der Waals surface area contributed by atoms with Gasteiger partial charge in [0.1, 0.15) is 0 Å². The fourth-order valence-electron chi connectivity index (χ4n) is 1.90. The molecule has 0 spiro atoms. The van der Waals surface area contributed by atoms with Gasteiger partial charge in [0.05, 0.1) is 11.0 Å². The van der Waals surface area contributed by atoms with Crippen LogP contribution in [0.15, 0.2) is 30.5 Å². The predicted molar refractivity (Wildman–Crippen MR) is 77.6 cm³/mol. The third-order valence-corrected chi connectivity index (χ3v) is 3.01. The van der Waals surface area contributed by atoms with Crippen molar-refractivity contribution in [1.82, 2.24) is 14.5 Å². The van der Waals surface area contributed by atoms with E-state index in [1.165, 1.54) is 6.08 Å². The van der Waals surface area contributed by atoms with Gasteiger partial charge in [0.15, 0.2) is 5.82 Å². The number of fused-ring (bicyclic) bond motifs is 1. The maximum Gasteiger partial charge on any atom is 0.222 e. The summed E-state index contributed by atoms with van der Waals surface area (Å²) in [6.45, 7) is 2.68. The highest BCUT2D eigenvalue weighted by atomic mass is 35.5. The molecule has 0 aliphatic rings. The first-order chi connectivity index (χ1) is 9.02. The number of rotatable bonds is 4. The molecule has 1 aromatic heterocycles. The third-order valence-electron chi connectivity index (χ3n) is 2.77. The minimum atomic E-state index is -0.108. The molecule has 100 valence electrons. The van der Waals surface area contributed by atoms with Crippen LogP contribution in [0.25, 0.3) is 11.0 Å². The molecule has 0 fully saturated rings. The Bertz CT molecular complexity index is 643. The van der Waals surface area contributed by atoms with Gasteiger partial charge in [-0.3, -0.25) is 4.79 Å². The van der Waals surface area contributed by atoms with E-state index in [4.69, 9.17) is 11.6 Å². The molecule has 2 rings (SSSR count). The fourth-order valence-corrected chi connectivity index (χ4v) is 2.07. The summed E-state index contributed by atoms with van der Waals surface area (Å²) >= 11 is 5.95. The van der Waals surface area contributed by atoms with E-state index >= 15 is 0 Å². The van der Waals surface area contributed by atoms with Gasteiger partial charge < -0.3 is 9.47 Å². The lowest BCUT2D eigenvalue weighted by Crippen LogP contribution is -2.09. The minimum absolute atomic E-state index is 0.108. The fraction of sp³-hybridized carbons (Fsp3) is 0.286. The molecular formula is C14H16ClN3O. The number of aromatic nitrogens is 2. The molecule has 0 saturated carbocycles. The lowest BCUT2D eigenvalue weighted by molar-refractivity contribution is 0.103. The molecule has 0 atom stereocenters. The average molecular weight is 278 g/mol. The molecule has 2 aromatic rings. The van der Waals surface area contributed by atoms with Crippen LogP contribution in [0.3, 0.4) is 0 Å². The van der Waals surface area contributed by atoms with E-state index < -0.39 is 0 Å². The zero-order valence-electron chi connectivity index (χ0n) is 11.2. The van der Waals surface area contributed by atoms with E-state index in [1.54, 1.807) is 12.3 Å². The van der Waals surface area contributed by atoms with Gasteiger partial charge in [-0.2, -0.15) is 0 Å². The predicted octanol–water partition coefficient (Wildman–Crippen LogP) is 2.97. The van der Waals surface area contributed by atoms with Gasteiger partial charge in [0.2, 0.25) is 5.78 Å². The van der Waals surface area contributed by atoms with Gasteiger partial charge in [0.25, 0.3) is 0 Å². The van der Waals surface area contributed by atoms with E-state index in [0.29, 0.717) is 17.4 Å². The first-order valence-electron chi connectivity index (χ1n) is 6.07. The zero-order chi connectivity index (χ0) is 14.0. The topological polar surface area (TPSA) is 38.1 Å². The lowest BCUT2D eigenvalue weighted by Gasteiger charge is -2.04. The molecule has 0 unspecified atom stereocenters. The van der Waals surface area contributed by atoms with Crippen molar-refractivity contribution >= 4 is 28.4 Å². The van der Waals surface area contributed by atoms with Crippen molar-refractivity contribution in [1.29, 1.82) is 0 Å². The van der Waals surface area contributed by atoms with Crippen molar-refractivity contribution in [2.45, 2.75) is 13.5 Å². The minimum Gasteiger partial charge on any atom is -0.383 e. The number of benzene rings is 1.